The standard InChI is InChI=1S/C20H19F2N3O2/c1-12-2-4-13(5-3-12)19(27)25-8-6-20(7-9-25)23-17-11-16(22)15(21)10-14(17)18(26)24-20/h2-5,10-11,23H,6-9H2,1H3,(H,24,26). The van der Waals surface area contributed by atoms with E-state index in [0.29, 0.717) is 31.5 Å². The minimum Gasteiger partial charge on any atom is -0.362 e. The Morgan fingerprint density at radius 2 is 1.67 bits per heavy atom. The van der Waals surface area contributed by atoms with Crippen LogP contribution in [0.25, 0.3) is 0 Å². The molecule has 2 amide bonds. The number of piperidine rings is 1. The number of anilines is 1. The molecule has 1 fully saturated rings. The summed E-state index contributed by atoms with van der Waals surface area (Å²) in [6, 6.07) is 9.30. The van der Waals surface area contributed by atoms with Gasteiger partial charge in [0.05, 0.1) is 11.3 Å². The average molecular weight is 371 g/mol. The Hall–Kier alpha value is -2.96. The highest BCUT2D eigenvalue weighted by atomic mass is 19.2. The monoisotopic (exact) mass is 371 g/mol. The molecule has 4 rings (SSSR count). The lowest BCUT2D eigenvalue weighted by molar-refractivity contribution is 0.0639. The molecular weight excluding hydrogens is 352 g/mol. The van der Waals surface area contributed by atoms with Crippen molar-refractivity contribution in [1.82, 2.24) is 10.2 Å². The SMILES string of the molecule is Cc1ccc(C(=O)N2CCC3(CC2)NC(=O)c2cc(F)c(F)cc2N3)cc1. The molecule has 0 aromatic heterocycles. The number of fused-ring (bicyclic) bond motifs is 1. The molecule has 2 aliphatic rings. The van der Waals surface area contributed by atoms with Gasteiger partial charge in [0.15, 0.2) is 11.6 Å². The minimum atomic E-state index is -1.06. The number of amides is 2. The lowest BCUT2D eigenvalue weighted by Gasteiger charge is -2.45. The van der Waals surface area contributed by atoms with Gasteiger partial charge in [0.2, 0.25) is 0 Å². The Morgan fingerprint density at radius 3 is 2.33 bits per heavy atom. The fraction of sp³-hybridized carbons (Fsp3) is 0.300. The van der Waals surface area contributed by atoms with Crippen LogP contribution < -0.4 is 10.6 Å². The average Bonchev–Trinajstić information content (AvgIpc) is 2.64. The Balaban J connectivity index is 1.50. The van der Waals surface area contributed by atoms with Crippen LogP contribution in [0.3, 0.4) is 0 Å². The number of nitrogens with one attached hydrogen (secondary N) is 2. The number of nitrogens with zero attached hydrogens (tertiary/aromatic N) is 1. The molecule has 27 heavy (non-hydrogen) atoms. The van der Waals surface area contributed by atoms with Crippen molar-refractivity contribution >= 4 is 17.5 Å². The van der Waals surface area contributed by atoms with Crippen molar-refractivity contribution in [3.63, 3.8) is 0 Å². The molecule has 0 unspecified atom stereocenters. The van der Waals surface area contributed by atoms with Crippen LogP contribution in [0.2, 0.25) is 0 Å². The van der Waals surface area contributed by atoms with Crippen LogP contribution in [0.4, 0.5) is 14.5 Å². The Labute approximate surface area is 155 Å². The summed E-state index contributed by atoms with van der Waals surface area (Å²) in [5.41, 5.74) is 1.30. The molecule has 2 heterocycles. The Bertz CT molecular complexity index is 920. The van der Waals surface area contributed by atoms with E-state index in [2.05, 4.69) is 10.6 Å². The second-order valence-corrected chi connectivity index (χ2v) is 7.13. The first-order chi connectivity index (χ1) is 12.9. The van der Waals surface area contributed by atoms with Crippen molar-refractivity contribution in [1.29, 1.82) is 0 Å². The van der Waals surface area contributed by atoms with Crippen LogP contribution in [0.5, 0.6) is 0 Å². The minimum absolute atomic E-state index is 0.0551. The summed E-state index contributed by atoms with van der Waals surface area (Å²) in [5.74, 6) is -2.56. The molecule has 2 aliphatic heterocycles. The molecule has 0 bridgehead atoms. The third-order valence-corrected chi connectivity index (χ3v) is 5.23. The third-order valence-electron chi connectivity index (χ3n) is 5.23. The lowest BCUT2D eigenvalue weighted by Crippen LogP contribution is -2.62. The summed E-state index contributed by atoms with van der Waals surface area (Å²) in [4.78, 5) is 26.8. The Morgan fingerprint density at radius 1 is 1.04 bits per heavy atom. The molecule has 0 aliphatic carbocycles. The number of rotatable bonds is 1. The summed E-state index contributed by atoms with van der Waals surface area (Å²) in [5, 5.41) is 6.01. The van der Waals surface area contributed by atoms with Crippen LogP contribution in [0, 0.1) is 18.6 Å². The summed E-state index contributed by atoms with van der Waals surface area (Å²) in [6.45, 7) is 2.85. The zero-order chi connectivity index (χ0) is 19.2. The summed E-state index contributed by atoms with van der Waals surface area (Å²) in [7, 11) is 0. The molecule has 2 aromatic rings. The van der Waals surface area contributed by atoms with Crippen molar-refractivity contribution in [2.45, 2.75) is 25.4 Å². The molecule has 0 atom stereocenters. The van der Waals surface area contributed by atoms with Crippen molar-refractivity contribution in [2.75, 3.05) is 18.4 Å². The number of hydrogen-bond donors (Lipinski definition) is 2. The number of benzene rings is 2. The van der Waals surface area contributed by atoms with E-state index < -0.39 is 23.2 Å². The van der Waals surface area contributed by atoms with Crippen molar-refractivity contribution in [3.05, 3.63) is 64.7 Å². The van der Waals surface area contributed by atoms with E-state index in [1.165, 1.54) is 0 Å². The Kier molecular flexibility index (Phi) is 4.09. The van der Waals surface area contributed by atoms with Crippen LogP contribution in [-0.4, -0.2) is 35.5 Å². The molecular formula is C20H19F2N3O2. The molecule has 0 radical (unpaired) electrons. The molecule has 5 nitrogen and oxygen atoms in total. The van der Waals surface area contributed by atoms with E-state index >= 15 is 0 Å². The van der Waals surface area contributed by atoms with E-state index in [1.54, 1.807) is 17.0 Å². The maximum atomic E-state index is 13.6. The number of halogens is 2. The van der Waals surface area contributed by atoms with Gasteiger partial charge in [0.25, 0.3) is 11.8 Å². The normalized spacial score (nSPS) is 17.9. The number of hydrogen-bond acceptors (Lipinski definition) is 3. The van der Waals surface area contributed by atoms with Gasteiger partial charge in [0.1, 0.15) is 5.66 Å². The highest BCUT2D eigenvalue weighted by molar-refractivity contribution is 6.02. The number of carbonyl (C=O) groups excluding carboxylic acids is 2. The lowest BCUT2D eigenvalue weighted by atomic mass is 9.92. The maximum absolute atomic E-state index is 13.6. The summed E-state index contributed by atoms with van der Waals surface area (Å²) < 4.78 is 27.0. The molecule has 140 valence electrons. The maximum Gasteiger partial charge on any atom is 0.255 e. The van der Waals surface area contributed by atoms with E-state index in [-0.39, 0.29) is 17.2 Å². The van der Waals surface area contributed by atoms with Gasteiger partial charge >= 0.3 is 0 Å². The fourth-order valence-corrected chi connectivity index (χ4v) is 3.63. The molecule has 2 aromatic carbocycles. The first-order valence-corrected chi connectivity index (χ1v) is 8.83. The topological polar surface area (TPSA) is 61.4 Å². The van der Waals surface area contributed by atoms with Crippen LogP contribution in [-0.2, 0) is 0 Å². The van der Waals surface area contributed by atoms with Gasteiger partial charge in [-0.2, -0.15) is 0 Å². The van der Waals surface area contributed by atoms with Gasteiger partial charge in [-0.1, -0.05) is 17.7 Å². The van der Waals surface area contributed by atoms with Crippen LogP contribution in [0.1, 0.15) is 39.1 Å². The zero-order valence-corrected chi connectivity index (χ0v) is 14.8. The molecule has 1 spiro atoms. The highest BCUT2D eigenvalue weighted by Gasteiger charge is 2.41. The molecule has 7 heteroatoms. The van der Waals surface area contributed by atoms with E-state index in [4.69, 9.17) is 0 Å². The number of aryl methyl sites for hydroxylation is 1. The van der Waals surface area contributed by atoms with E-state index in [1.807, 2.05) is 19.1 Å². The van der Waals surface area contributed by atoms with Gasteiger partial charge < -0.3 is 15.5 Å². The van der Waals surface area contributed by atoms with Gasteiger partial charge in [-0.05, 0) is 25.1 Å². The molecule has 1 saturated heterocycles. The van der Waals surface area contributed by atoms with E-state index in [9.17, 15) is 18.4 Å². The second-order valence-electron chi connectivity index (χ2n) is 7.13. The zero-order valence-electron chi connectivity index (χ0n) is 14.8. The van der Waals surface area contributed by atoms with Crippen molar-refractivity contribution in [2.24, 2.45) is 0 Å². The molecule has 0 saturated carbocycles. The number of likely N-dealkylation sites (tertiary alicyclic amines) is 1. The summed E-state index contributed by atoms with van der Waals surface area (Å²) >= 11 is 0. The molecule has 2 N–H and O–H groups in total. The quantitative estimate of drug-likeness (QED) is 0.810. The van der Waals surface area contributed by atoms with Gasteiger partial charge in [-0.25, -0.2) is 8.78 Å². The predicted octanol–water partition coefficient (Wildman–Crippen LogP) is 3.06. The third kappa shape index (κ3) is 3.13. The van der Waals surface area contributed by atoms with E-state index in [0.717, 1.165) is 17.7 Å². The fourth-order valence-electron chi connectivity index (χ4n) is 3.63. The van der Waals surface area contributed by atoms with Crippen molar-refractivity contribution in [3.8, 4) is 0 Å². The van der Waals surface area contributed by atoms with Crippen LogP contribution in [0.15, 0.2) is 36.4 Å². The predicted molar refractivity (Wildman–Crippen MR) is 96.5 cm³/mol. The highest BCUT2D eigenvalue weighted by Crippen LogP contribution is 2.33. The number of carbonyl (C=O) groups is 2. The first-order valence-electron chi connectivity index (χ1n) is 8.83. The van der Waals surface area contributed by atoms with Crippen molar-refractivity contribution < 1.29 is 18.4 Å². The van der Waals surface area contributed by atoms with Gasteiger partial charge in [-0.3, -0.25) is 9.59 Å². The van der Waals surface area contributed by atoms with Gasteiger partial charge in [0, 0.05) is 37.6 Å². The van der Waals surface area contributed by atoms with Gasteiger partial charge in [-0.15, -0.1) is 0 Å². The largest absolute Gasteiger partial charge is 0.362 e. The first kappa shape index (κ1) is 17.5. The van der Waals surface area contributed by atoms with Crippen LogP contribution >= 0.6 is 0 Å². The second kappa shape index (κ2) is 6.33. The summed E-state index contributed by atoms with van der Waals surface area (Å²) in [6.07, 6.45) is 0.934. The smallest absolute Gasteiger partial charge is 0.255 e.